The van der Waals surface area contributed by atoms with E-state index >= 15 is 0 Å². The Labute approximate surface area is 201 Å². The SMILES string of the molecule is COC[C@@H](C)n1c(COc2ccccc2F)nnc1S[C@H](C)C(=O)Nc1cccc(Cl)c1C. The molecule has 0 aliphatic rings. The number of nitrogens with one attached hydrogen (secondary N) is 1. The molecular formula is C23H26ClFN4O3S. The summed E-state index contributed by atoms with van der Waals surface area (Å²) in [6, 6.07) is 11.4. The molecule has 0 aliphatic carbocycles. The molecule has 3 aromatic rings. The molecule has 2 aromatic carbocycles. The average Bonchev–Trinajstić information content (AvgIpc) is 3.18. The number of halogens is 2. The number of ether oxygens (including phenoxy) is 2. The molecule has 0 aliphatic heterocycles. The molecule has 10 heteroatoms. The molecule has 1 heterocycles. The summed E-state index contributed by atoms with van der Waals surface area (Å²) < 4.78 is 26.7. The fourth-order valence-electron chi connectivity index (χ4n) is 3.14. The summed E-state index contributed by atoms with van der Waals surface area (Å²) >= 11 is 7.42. The zero-order valence-electron chi connectivity index (χ0n) is 18.8. The highest BCUT2D eigenvalue weighted by molar-refractivity contribution is 8.00. The maximum absolute atomic E-state index is 13.9. The molecule has 0 unspecified atom stereocenters. The first kappa shape index (κ1) is 25.0. The molecule has 3 rings (SSSR count). The quantitative estimate of drug-likeness (QED) is 0.388. The first-order chi connectivity index (χ1) is 15.8. The van der Waals surface area contributed by atoms with Gasteiger partial charge in [-0.2, -0.15) is 0 Å². The maximum atomic E-state index is 13.9. The Morgan fingerprint density at radius 3 is 2.70 bits per heavy atom. The average molecular weight is 493 g/mol. The Balaban J connectivity index is 1.76. The van der Waals surface area contributed by atoms with Gasteiger partial charge in [0.05, 0.1) is 17.9 Å². The summed E-state index contributed by atoms with van der Waals surface area (Å²) in [5, 5.41) is 12.1. The topological polar surface area (TPSA) is 78.3 Å². The van der Waals surface area contributed by atoms with Crippen molar-refractivity contribution in [3.63, 3.8) is 0 Å². The highest BCUT2D eigenvalue weighted by Gasteiger charge is 2.24. The lowest BCUT2D eigenvalue weighted by atomic mass is 10.2. The number of nitrogens with zero attached hydrogens (tertiary/aromatic N) is 3. The van der Waals surface area contributed by atoms with Crippen molar-refractivity contribution in [1.29, 1.82) is 0 Å². The summed E-state index contributed by atoms with van der Waals surface area (Å²) in [7, 11) is 1.60. The molecule has 2 atom stereocenters. The molecule has 0 bridgehead atoms. The van der Waals surface area contributed by atoms with Gasteiger partial charge in [0.25, 0.3) is 0 Å². The summed E-state index contributed by atoms with van der Waals surface area (Å²) in [5.41, 5.74) is 1.46. The highest BCUT2D eigenvalue weighted by Crippen LogP contribution is 2.29. The number of methoxy groups -OCH3 is 1. The first-order valence-corrected chi connectivity index (χ1v) is 11.6. The van der Waals surface area contributed by atoms with Gasteiger partial charge in [-0.3, -0.25) is 9.36 Å². The second-order valence-corrected chi connectivity index (χ2v) is 9.17. The van der Waals surface area contributed by atoms with E-state index in [2.05, 4.69) is 15.5 Å². The predicted molar refractivity (Wildman–Crippen MR) is 127 cm³/mol. The molecule has 0 spiro atoms. The van der Waals surface area contributed by atoms with Crippen LogP contribution < -0.4 is 10.1 Å². The fraction of sp³-hybridized carbons (Fsp3) is 0.348. The maximum Gasteiger partial charge on any atom is 0.237 e. The van der Waals surface area contributed by atoms with Crippen LogP contribution in [0.25, 0.3) is 0 Å². The van der Waals surface area contributed by atoms with E-state index in [4.69, 9.17) is 21.1 Å². The number of thioether (sulfide) groups is 1. The molecule has 1 N–H and O–H groups in total. The van der Waals surface area contributed by atoms with Crippen LogP contribution in [0.2, 0.25) is 5.02 Å². The number of rotatable bonds is 10. The van der Waals surface area contributed by atoms with Crippen molar-refractivity contribution in [2.75, 3.05) is 19.0 Å². The lowest BCUT2D eigenvalue weighted by Gasteiger charge is -2.19. The number of hydrogen-bond acceptors (Lipinski definition) is 6. The monoisotopic (exact) mass is 492 g/mol. The van der Waals surface area contributed by atoms with Crippen molar-refractivity contribution in [1.82, 2.24) is 14.8 Å². The summed E-state index contributed by atoms with van der Waals surface area (Å²) in [6.45, 7) is 6.01. The Morgan fingerprint density at radius 2 is 1.97 bits per heavy atom. The molecule has 1 aromatic heterocycles. The van der Waals surface area contributed by atoms with Crippen molar-refractivity contribution >= 4 is 35.0 Å². The predicted octanol–water partition coefficient (Wildman–Crippen LogP) is 5.28. The van der Waals surface area contributed by atoms with Crippen LogP contribution >= 0.6 is 23.4 Å². The molecule has 1 amide bonds. The van der Waals surface area contributed by atoms with Crippen LogP contribution in [0.3, 0.4) is 0 Å². The third-order valence-corrected chi connectivity index (χ3v) is 6.42. The summed E-state index contributed by atoms with van der Waals surface area (Å²) in [4.78, 5) is 12.8. The molecule has 33 heavy (non-hydrogen) atoms. The summed E-state index contributed by atoms with van der Waals surface area (Å²) in [6.07, 6.45) is 0. The molecule has 0 saturated heterocycles. The minimum atomic E-state index is -0.471. The highest BCUT2D eigenvalue weighted by atomic mass is 35.5. The van der Waals surface area contributed by atoms with Crippen LogP contribution in [0, 0.1) is 12.7 Å². The summed E-state index contributed by atoms with van der Waals surface area (Å²) in [5.74, 6) is -0.0120. The Kier molecular flexibility index (Phi) is 8.71. The minimum Gasteiger partial charge on any atom is -0.483 e. The van der Waals surface area contributed by atoms with Crippen molar-refractivity contribution in [3.05, 3.63) is 64.7 Å². The number of carbonyl (C=O) groups excluding carboxylic acids is 1. The number of aromatic nitrogens is 3. The smallest absolute Gasteiger partial charge is 0.237 e. The molecule has 0 radical (unpaired) electrons. The van der Waals surface area contributed by atoms with Crippen molar-refractivity contribution in [3.8, 4) is 5.75 Å². The number of para-hydroxylation sites is 1. The lowest BCUT2D eigenvalue weighted by molar-refractivity contribution is -0.115. The second-order valence-electron chi connectivity index (χ2n) is 7.45. The third kappa shape index (κ3) is 6.25. The van der Waals surface area contributed by atoms with Gasteiger partial charge in [-0.05, 0) is 50.6 Å². The van der Waals surface area contributed by atoms with Gasteiger partial charge in [0.2, 0.25) is 5.91 Å². The van der Waals surface area contributed by atoms with Crippen LogP contribution in [0.4, 0.5) is 10.1 Å². The van der Waals surface area contributed by atoms with Crippen LogP contribution in [-0.4, -0.2) is 39.6 Å². The van der Waals surface area contributed by atoms with Gasteiger partial charge in [0, 0.05) is 17.8 Å². The molecule has 0 saturated carbocycles. The van der Waals surface area contributed by atoms with Gasteiger partial charge in [0.1, 0.15) is 6.61 Å². The van der Waals surface area contributed by atoms with Gasteiger partial charge in [0.15, 0.2) is 22.5 Å². The van der Waals surface area contributed by atoms with Gasteiger partial charge < -0.3 is 14.8 Å². The number of amides is 1. The van der Waals surface area contributed by atoms with Crippen molar-refractivity contribution < 1.29 is 18.7 Å². The standard InChI is InChI=1S/C23H26ClFN4O3S/c1-14(12-31-4)29-21(13-32-20-11-6-5-9-18(20)25)27-28-23(29)33-16(3)22(30)26-19-10-7-8-17(24)15(19)2/h5-11,14,16H,12-13H2,1-4H3,(H,26,30)/t14-,16-/m1/s1. The van der Waals surface area contributed by atoms with E-state index in [1.807, 2.05) is 18.4 Å². The van der Waals surface area contributed by atoms with E-state index in [-0.39, 0.29) is 24.3 Å². The lowest BCUT2D eigenvalue weighted by Crippen LogP contribution is -2.24. The van der Waals surface area contributed by atoms with Crippen LogP contribution in [-0.2, 0) is 16.1 Å². The van der Waals surface area contributed by atoms with Gasteiger partial charge >= 0.3 is 0 Å². The van der Waals surface area contributed by atoms with E-state index in [9.17, 15) is 9.18 Å². The van der Waals surface area contributed by atoms with Gasteiger partial charge in [-0.1, -0.05) is 41.6 Å². The minimum absolute atomic E-state index is 0.0187. The third-order valence-electron chi connectivity index (χ3n) is 4.95. The number of hydrogen-bond donors (Lipinski definition) is 1. The molecular weight excluding hydrogens is 467 g/mol. The van der Waals surface area contributed by atoms with Crippen LogP contribution in [0.15, 0.2) is 47.6 Å². The number of anilines is 1. The number of carbonyl (C=O) groups is 1. The fourth-order valence-corrected chi connectivity index (χ4v) is 4.28. The zero-order valence-corrected chi connectivity index (χ0v) is 20.4. The van der Waals surface area contributed by atoms with E-state index in [1.165, 1.54) is 17.8 Å². The molecule has 0 fully saturated rings. The largest absolute Gasteiger partial charge is 0.483 e. The van der Waals surface area contributed by atoms with E-state index in [1.54, 1.807) is 50.4 Å². The second kappa shape index (κ2) is 11.5. The molecule has 7 nitrogen and oxygen atoms in total. The Morgan fingerprint density at radius 1 is 1.21 bits per heavy atom. The van der Waals surface area contributed by atoms with E-state index in [0.29, 0.717) is 28.3 Å². The van der Waals surface area contributed by atoms with E-state index in [0.717, 1.165) is 5.56 Å². The van der Waals surface area contributed by atoms with Crippen molar-refractivity contribution in [2.24, 2.45) is 0 Å². The van der Waals surface area contributed by atoms with Crippen LogP contribution in [0.5, 0.6) is 5.75 Å². The van der Waals surface area contributed by atoms with Crippen molar-refractivity contribution in [2.45, 2.75) is 43.8 Å². The van der Waals surface area contributed by atoms with Gasteiger partial charge in [-0.25, -0.2) is 4.39 Å². The normalized spacial score (nSPS) is 12.9. The first-order valence-electron chi connectivity index (χ1n) is 10.3. The Hall–Kier alpha value is -2.62. The van der Waals surface area contributed by atoms with Crippen LogP contribution in [0.1, 0.15) is 31.3 Å². The van der Waals surface area contributed by atoms with Gasteiger partial charge in [-0.15, -0.1) is 10.2 Å². The van der Waals surface area contributed by atoms with E-state index < -0.39 is 11.1 Å². The zero-order chi connectivity index (χ0) is 24.0. The number of benzene rings is 2. The molecule has 176 valence electrons. The Bertz CT molecular complexity index is 1110.